The molecule has 0 amide bonds. The van der Waals surface area contributed by atoms with E-state index in [1.165, 1.54) is 0 Å². The number of benzene rings is 2. The summed E-state index contributed by atoms with van der Waals surface area (Å²) in [6, 6.07) is 9.44. The first-order valence-corrected chi connectivity index (χ1v) is 8.92. The van der Waals surface area contributed by atoms with E-state index < -0.39 is 17.2 Å². The Morgan fingerprint density at radius 3 is 1.70 bits per heavy atom. The lowest BCUT2D eigenvalue weighted by molar-refractivity contribution is 0.359. The van der Waals surface area contributed by atoms with Gasteiger partial charge in [0.2, 0.25) is 11.8 Å². The zero-order valence-electron chi connectivity index (χ0n) is 14.0. The first-order valence-electron chi connectivity index (χ1n) is 8.17. The minimum Gasteiger partial charge on any atom is -0.407 e. The van der Waals surface area contributed by atoms with E-state index in [1.807, 2.05) is 6.92 Å². The highest BCUT2D eigenvalue weighted by Gasteiger charge is 2.24. The highest BCUT2D eigenvalue weighted by molar-refractivity contribution is 6.31. The largest absolute Gasteiger partial charge is 0.407 e. The molecule has 0 saturated carbocycles. The lowest BCUT2D eigenvalue weighted by Crippen LogP contribution is -2.13. The molecule has 6 nitrogen and oxygen atoms in total. The molecular weight excluding hydrogens is 391 g/mol. The zero-order chi connectivity index (χ0) is 19.1. The Labute approximate surface area is 162 Å². The minimum absolute atomic E-state index is 0.106. The molecule has 2 aromatic carbocycles. The average molecular weight is 403 g/mol. The second-order valence-electron chi connectivity index (χ2n) is 5.96. The molecule has 0 saturated heterocycles. The molecule has 0 aliphatic carbocycles. The summed E-state index contributed by atoms with van der Waals surface area (Å²) in [5, 5.41) is 1.53. The van der Waals surface area contributed by atoms with Crippen molar-refractivity contribution in [3.05, 3.63) is 79.1 Å². The first kappa shape index (κ1) is 17.7. The molecule has 0 aliphatic heterocycles. The predicted molar refractivity (Wildman–Crippen MR) is 103 cm³/mol. The standard InChI is InChI=1S/C19H12Cl2N2O4/c1-2-11(16-22-14-7-9(20)3-5-12(14)18(24)26-16)17-23-15-8-10(21)4-6-13(15)19(25)27-17/h3-8,11H,2H2,1H3. The van der Waals surface area contributed by atoms with Crippen molar-refractivity contribution in [1.82, 2.24) is 9.97 Å². The molecular formula is C19H12Cl2N2O4. The van der Waals surface area contributed by atoms with Crippen LogP contribution in [0.1, 0.15) is 31.0 Å². The van der Waals surface area contributed by atoms with E-state index in [9.17, 15) is 9.59 Å². The molecule has 4 aromatic rings. The van der Waals surface area contributed by atoms with Gasteiger partial charge in [-0.2, -0.15) is 0 Å². The summed E-state index contributed by atoms with van der Waals surface area (Å²) in [6.07, 6.45) is 0.448. The van der Waals surface area contributed by atoms with Crippen molar-refractivity contribution in [1.29, 1.82) is 0 Å². The predicted octanol–water partition coefficient (Wildman–Crippen LogP) is 4.54. The maximum atomic E-state index is 12.3. The van der Waals surface area contributed by atoms with Gasteiger partial charge in [-0.3, -0.25) is 0 Å². The summed E-state index contributed by atoms with van der Waals surface area (Å²) in [5.74, 6) is -0.402. The molecule has 2 heterocycles. The van der Waals surface area contributed by atoms with Crippen molar-refractivity contribution < 1.29 is 8.83 Å². The van der Waals surface area contributed by atoms with E-state index in [1.54, 1.807) is 36.4 Å². The second-order valence-corrected chi connectivity index (χ2v) is 6.84. The van der Waals surface area contributed by atoms with Crippen LogP contribution in [0.3, 0.4) is 0 Å². The molecule has 0 aliphatic rings. The second kappa shape index (κ2) is 6.79. The van der Waals surface area contributed by atoms with Gasteiger partial charge in [-0.1, -0.05) is 30.1 Å². The molecule has 136 valence electrons. The Kier molecular flexibility index (Phi) is 4.45. The third-order valence-corrected chi connectivity index (χ3v) is 4.69. The minimum atomic E-state index is -0.614. The van der Waals surface area contributed by atoms with Gasteiger partial charge in [0.15, 0.2) is 0 Å². The fraction of sp³-hybridized carbons (Fsp3) is 0.158. The molecule has 0 spiro atoms. The lowest BCUT2D eigenvalue weighted by atomic mass is 10.1. The van der Waals surface area contributed by atoms with Crippen molar-refractivity contribution in [2.75, 3.05) is 0 Å². The van der Waals surface area contributed by atoms with Crippen LogP contribution in [-0.4, -0.2) is 9.97 Å². The fourth-order valence-corrected chi connectivity index (χ4v) is 3.21. The van der Waals surface area contributed by atoms with Gasteiger partial charge in [0.05, 0.1) is 21.8 Å². The van der Waals surface area contributed by atoms with Crippen molar-refractivity contribution in [2.45, 2.75) is 19.3 Å². The smallest absolute Gasteiger partial charge is 0.346 e. The fourth-order valence-electron chi connectivity index (χ4n) is 2.88. The molecule has 0 atom stereocenters. The number of hydrogen-bond acceptors (Lipinski definition) is 6. The quantitative estimate of drug-likeness (QED) is 0.499. The Bertz CT molecular complexity index is 1200. The number of aromatic nitrogens is 2. The number of hydrogen-bond donors (Lipinski definition) is 0. The van der Waals surface area contributed by atoms with Crippen molar-refractivity contribution >= 4 is 45.0 Å². The normalized spacial score (nSPS) is 11.6. The van der Waals surface area contributed by atoms with Gasteiger partial charge < -0.3 is 8.83 Å². The molecule has 0 unspecified atom stereocenters. The maximum Gasteiger partial charge on any atom is 0.346 e. The van der Waals surface area contributed by atoms with E-state index in [2.05, 4.69) is 9.97 Å². The summed E-state index contributed by atoms with van der Waals surface area (Å²) in [5.41, 5.74) is -0.288. The van der Waals surface area contributed by atoms with Gasteiger partial charge in [-0.05, 0) is 42.8 Å². The molecule has 27 heavy (non-hydrogen) atoms. The maximum absolute atomic E-state index is 12.3. The summed E-state index contributed by atoms with van der Waals surface area (Å²) < 4.78 is 10.8. The summed E-state index contributed by atoms with van der Waals surface area (Å²) in [6.45, 7) is 1.85. The van der Waals surface area contributed by atoms with Crippen LogP contribution in [0, 0.1) is 0 Å². The first-order chi connectivity index (χ1) is 13.0. The summed E-state index contributed by atoms with van der Waals surface area (Å²) >= 11 is 12.0. The lowest BCUT2D eigenvalue weighted by Gasteiger charge is -2.11. The average Bonchev–Trinajstić information content (AvgIpc) is 2.61. The van der Waals surface area contributed by atoms with Gasteiger partial charge in [-0.25, -0.2) is 19.6 Å². The summed E-state index contributed by atoms with van der Waals surface area (Å²) in [4.78, 5) is 33.4. The molecule has 2 aromatic heterocycles. The molecule has 0 N–H and O–H groups in total. The topological polar surface area (TPSA) is 86.2 Å². The molecule has 0 fully saturated rings. The molecule has 0 radical (unpaired) electrons. The van der Waals surface area contributed by atoms with Crippen LogP contribution < -0.4 is 11.3 Å². The Morgan fingerprint density at radius 1 is 0.852 bits per heavy atom. The van der Waals surface area contributed by atoms with Gasteiger partial charge in [0.25, 0.3) is 0 Å². The van der Waals surface area contributed by atoms with E-state index in [-0.39, 0.29) is 11.8 Å². The molecule has 4 rings (SSSR count). The third kappa shape index (κ3) is 3.22. The zero-order valence-corrected chi connectivity index (χ0v) is 15.5. The molecule has 8 heteroatoms. The SMILES string of the molecule is CCC(c1nc2cc(Cl)ccc2c(=O)o1)c1nc2cc(Cl)ccc2c(=O)o1. The molecule has 0 bridgehead atoms. The highest BCUT2D eigenvalue weighted by Crippen LogP contribution is 2.27. The summed E-state index contributed by atoms with van der Waals surface area (Å²) in [7, 11) is 0. The Hall–Kier alpha value is -2.70. The van der Waals surface area contributed by atoms with E-state index in [0.29, 0.717) is 38.3 Å². The number of fused-ring (bicyclic) bond motifs is 2. The van der Waals surface area contributed by atoms with Crippen LogP contribution in [0.25, 0.3) is 21.8 Å². The van der Waals surface area contributed by atoms with Crippen LogP contribution in [-0.2, 0) is 0 Å². The van der Waals surface area contributed by atoms with Crippen LogP contribution >= 0.6 is 23.2 Å². The number of halogens is 2. The van der Waals surface area contributed by atoms with Crippen molar-refractivity contribution in [3.8, 4) is 0 Å². The van der Waals surface area contributed by atoms with Crippen LogP contribution in [0.5, 0.6) is 0 Å². The van der Waals surface area contributed by atoms with Gasteiger partial charge in [0.1, 0.15) is 5.92 Å². The van der Waals surface area contributed by atoms with Crippen LogP contribution in [0.2, 0.25) is 10.0 Å². The van der Waals surface area contributed by atoms with Gasteiger partial charge >= 0.3 is 11.3 Å². The number of rotatable bonds is 3. The van der Waals surface area contributed by atoms with Crippen LogP contribution in [0.4, 0.5) is 0 Å². The van der Waals surface area contributed by atoms with Crippen molar-refractivity contribution in [2.24, 2.45) is 0 Å². The van der Waals surface area contributed by atoms with Gasteiger partial charge in [0, 0.05) is 10.0 Å². The van der Waals surface area contributed by atoms with Crippen molar-refractivity contribution in [3.63, 3.8) is 0 Å². The monoisotopic (exact) mass is 402 g/mol. The van der Waals surface area contributed by atoms with E-state index >= 15 is 0 Å². The number of nitrogens with zero attached hydrogens (tertiary/aromatic N) is 2. The Balaban J connectivity index is 1.92. The Morgan fingerprint density at radius 2 is 1.30 bits per heavy atom. The van der Waals surface area contributed by atoms with E-state index in [0.717, 1.165) is 0 Å². The van der Waals surface area contributed by atoms with Crippen LogP contribution in [0.15, 0.2) is 54.8 Å². The highest BCUT2D eigenvalue weighted by atomic mass is 35.5. The van der Waals surface area contributed by atoms with E-state index in [4.69, 9.17) is 32.0 Å². The third-order valence-electron chi connectivity index (χ3n) is 4.22. The van der Waals surface area contributed by atoms with Gasteiger partial charge in [-0.15, -0.1) is 0 Å².